The van der Waals surface area contributed by atoms with Gasteiger partial charge in [0.15, 0.2) is 0 Å². The summed E-state index contributed by atoms with van der Waals surface area (Å²) in [6, 6.07) is 11.2. The summed E-state index contributed by atoms with van der Waals surface area (Å²) in [5.41, 5.74) is 0.554. The van der Waals surface area contributed by atoms with Gasteiger partial charge in [0.1, 0.15) is 0 Å². The van der Waals surface area contributed by atoms with Crippen molar-refractivity contribution >= 4 is 28.6 Å². The van der Waals surface area contributed by atoms with Crippen molar-refractivity contribution in [3.05, 3.63) is 65.2 Å². The Morgan fingerprint density at radius 2 is 1.68 bits per heavy atom. The van der Waals surface area contributed by atoms with E-state index in [2.05, 4.69) is 10.6 Å². The minimum absolute atomic E-state index is 0.214. The Labute approximate surface area is 146 Å². The second-order valence-corrected chi connectivity index (χ2v) is 5.97. The van der Waals surface area contributed by atoms with Crippen LogP contribution in [0.15, 0.2) is 48.5 Å². The van der Waals surface area contributed by atoms with E-state index in [0.29, 0.717) is 16.8 Å². The predicted octanol–water partition coefficient (Wildman–Crippen LogP) is 4.53. The first-order valence-corrected chi connectivity index (χ1v) is 8.21. The SMILES string of the molecule is CNC(=O)c1ccccc1NC(=O)SCc1ccc(C(F)(F)F)cc1. The van der Waals surface area contributed by atoms with Crippen LogP contribution >= 0.6 is 11.8 Å². The number of benzene rings is 2. The van der Waals surface area contributed by atoms with Crippen molar-refractivity contribution in [3.8, 4) is 0 Å². The van der Waals surface area contributed by atoms with Crippen molar-refractivity contribution in [2.75, 3.05) is 12.4 Å². The highest BCUT2D eigenvalue weighted by Crippen LogP contribution is 2.29. The van der Waals surface area contributed by atoms with Crippen LogP contribution in [-0.2, 0) is 11.9 Å². The summed E-state index contributed by atoms with van der Waals surface area (Å²) in [5, 5.41) is 4.69. The highest BCUT2D eigenvalue weighted by atomic mass is 32.2. The van der Waals surface area contributed by atoms with Gasteiger partial charge in [-0.25, -0.2) is 0 Å². The van der Waals surface area contributed by atoms with Crippen LogP contribution in [0.5, 0.6) is 0 Å². The Bertz CT molecular complexity index is 761. The Kier molecular flexibility index (Phi) is 6.08. The molecule has 2 rings (SSSR count). The molecule has 0 saturated carbocycles. The maximum atomic E-state index is 12.5. The average Bonchev–Trinajstić information content (AvgIpc) is 2.59. The van der Waals surface area contributed by atoms with Crippen LogP contribution in [0.1, 0.15) is 21.5 Å². The maximum Gasteiger partial charge on any atom is 0.416 e. The van der Waals surface area contributed by atoms with Gasteiger partial charge in [0, 0.05) is 12.8 Å². The molecule has 25 heavy (non-hydrogen) atoms. The van der Waals surface area contributed by atoms with Crippen molar-refractivity contribution < 1.29 is 22.8 Å². The minimum Gasteiger partial charge on any atom is -0.355 e. The van der Waals surface area contributed by atoms with E-state index in [-0.39, 0.29) is 11.7 Å². The molecule has 0 fully saturated rings. The molecule has 0 aliphatic rings. The second-order valence-electron chi connectivity index (χ2n) is 5.02. The van der Waals surface area contributed by atoms with Crippen LogP contribution in [0.2, 0.25) is 0 Å². The zero-order chi connectivity index (χ0) is 18.4. The second kappa shape index (κ2) is 8.06. The summed E-state index contributed by atoms with van der Waals surface area (Å²) < 4.78 is 37.5. The third-order valence-electron chi connectivity index (χ3n) is 3.29. The predicted molar refractivity (Wildman–Crippen MR) is 91.6 cm³/mol. The molecule has 0 aliphatic carbocycles. The highest BCUT2D eigenvalue weighted by molar-refractivity contribution is 8.13. The molecule has 4 nitrogen and oxygen atoms in total. The van der Waals surface area contributed by atoms with Crippen molar-refractivity contribution in [3.63, 3.8) is 0 Å². The van der Waals surface area contributed by atoms with Gasteiger partial charge in [0.25, 0.3) is 11.1 Å². The number of hydrogen-bond acceptors (Lipinski definition) is 3. The van der Waals surface area contributed by atoms with E-state index in [4.69, 9.17) is 0 Å². The van der Waals surface area contributed by atoms with Gasteiger partial charge in [-0.05, 0) is 29.8 Å². The highest BCUT2D eigenvalue weighted by Gasteiger charge is 2.29. The molecule has 0 aliphatic heterocycles. The van der Waals surface area contributed by atoms with Crippen LogP contribution in [0.25, 0.3) is 0 Å². The molecule has 2 amide bonds. The van der Waals surface area contributed by atoms with Gasteiger partial charge in [0.05, 0.1) is 16.8 Å². The van der Waals surface area contributed by atoms with Gasteiger partial charge in [-0.15, -0.1) is 0 Å². The van der Waals surface area contributed by atoms with Crippen LogP contribution < -0.4 is 10.6 Å². The molecule has 0 aromatic heterocycles. The molecule has 132 valence electrons. The zero-order valence-electron chi connectivity index (χ0n) is 13.2. The van der Waals surface area contributed by atoms with Crippen molar-refractivity contribution in [2.45, 2.75) is 11.9 Å². The molecule has 0 saturated heterocycles. The molecule has 8 heteroatoms. The number of halogens is 3. The normalized spacial score (nSPS) is 11.0. The fraction of sp³-hybridized carbons (Fsp3) is 0.176. The van der Waals surface area contributed by atoms with Gasteiger partial charge in [-0.2, -0.15) is 13.2 Å². The number of nitrogens with one attached hydrogen (secondary N) is 2. The first-order valence-electron chi connectivity index (χ1n) is 7.22. The molecule has 0 atom stereocenters. The van der Waals surface area contributed by atoms with E-state index in [1.807, 2.05) is 0 Å². The number of para-hydroxylation sites is 1. The number of anilines is 1. The molecular weight excluding hydrogens is 353 g/mol. The maximum absolute atomic E-state index is 12.5. The Balaban J connectivity index is 1.97. The van der Waals surface area contributed by atoms with E-state index >= 15 is 0 Å². The summed E-state index contributed by atoms with van der Waals surface area (Å²) >= 11 is 0.903. The van der Waals surface area contributed by atoms with Crippen LogP contribution in [0, 0.1) is 0 Å². The number of alkyl halides is 3. The summed E-state index contributed by atoms with van der Waals surface area (Å²) in [6.45, 7) is 0. The van der Waals surface area contributed by atoms with Crippen molar-refractivity contribution in [1.29, 1.82) is 0 Å². The number of carbonyl (C=O) groups excluding carboxylic acids is 2. The lowest BCUT2D eigenvalue weighted by molar-refractivity contribution is -0.137. The Morgan fingerprint density at radius 1 is 1.04 bits per heavy atom. The molecular formula is C17H15F3N2O2S. The molecule has 2 N–H and O–H groups in total. The van der Waals surface area contributed by atoms with E-state index in [1.54, 1.807) is 24.3 Å². The molecule has 0 radical (unpaired) electrons. The van der Waals surface area contributed by atoms with Gasteiger partial charge in [0.2, 0.25) is 0 Å². The molecule has 0 unspecified atom stereocenters. The molecule has 0 heterocycles. The summed E-state index contributed by atoms with van der Waals surface area (Å²) in [4.78, 5) is 23.8. The fourth-order valence-corrected chi connectivity index (χ4v) is 2.68. The smallest absolute Gasteiger partial charge is 0.355 e. The minimum atomic E-state index is -4.38. The van der Waals surface area contributed by atoms with Gasteiger partial charge >= 0.3 is 6.18 Å². The van der Waals surface area contributed by atoms with E-state index in [9.17, 15) is 22.8 Å². The fourth-order valence-electron chi connectivity index (χ4n) is 2.01. The molecule has 0 bridgehead atoms. The number of thioether (sulfide) groups is 1. The number of amides is 2. The lowest BCUT2D eigenvalue weighted by Crippen LogP contribution is -2.20. The standard InChI is InChI=1S/C17H15F3N2O2S/c1-21-15(23)13-4-2-3-5-14(13)22-16(24)25-10-11-6-8-12(9-7-11)17(18,19)20/h2-9H,10H2,1H3,(H,21,23)(H,22,24). The average molecular weight is 368 g/mol. The lowest BCUT2D eigenvalue weighted by atomic mass is 10.1. The van der Waals surface area contributed by atoms with Gasteiger partial charge in [-0.1, -0.05) is 36.0 Å². The number of hydrogen-bond donors (Lipinski definition) is 2. The van der Waals surface area contributed by atoms with Crippen molar-refractivity contribution in [1.82, 2.24) is 5.32 Å². The van der Waals surface area contributed by atoms with Crippen LogP contribution in [0.3, 0.4) is 0 Å². The summed E-state index contributed by atoms with van der Waals surface area (Å²) in [5.74, 6) is -0.116. The van der Waals surface area contributed by atoms with Crippen LogP contribution in [-0.4, -0.2) is 18.2 Å². The van der Waals surface area contributed by atoms with Gasteiger partial charge < -0.3 is 10.6 Å². The zero-order valence-corrected chi connectivity index (χ0v) is 14.0. The molecule has 2 aromatic carbocycles. The molecule has 0 spiro atoms. The van der Waals surface area contributed by atoms with Crippen LogP contribution in [0.4, 0.5) is 23.7 Å². The van der Waals surface area contributed by atoms with E-state index < -0.39 is 17.0 Å². The summed E-state index contributed by atoms with van der Waals surface area (Å²) in [6.07, 6.45) is -4.38. The van der Waals surface area contributed by atoms with Crippen molar-refractivity contribution in [2.24, 2.45) is 0 Å². The van der Waals surface area contributed by atoms with E-state index in [1.165, 1.54) is 19.2 Å². The summed E-state index contributed by atoms with van der Waals surface area (Å²) in [7, 11) is 1.49. The van der Waals surface area contributed by atoms with E-state index in [0.717, 1.165) is 23.9 Å². The topological polar surface area (TPSA) is 58.2 Å². The molecule has 2 aromatic rings. The number of carbonyl (C=O) groups is 2. The third kappa shape index (κ3) is 5.25. The number of rotatable bonds is 4. The first-order chi connectivity index (χ1) is 11.8. The largest absolute Gasteiger partial charge is 0.416 e. The third-order valence-corrected chi connectivity index (χ3v) is 4.13. The Morgan fingerprint density at radius 3 is 2.28 bits per heavy atom. The quantitative estimate of drug-likeness (QED) is 0.834. The first kappa shape index (κ1) is 18.9. The Hall–Kier alpha value is -2.48. The monoisotopic (exact) mass is 368 g/mol. The van der Waals surface area contributed by atoms with Gasteiger partial charge in [-0.3, -0.25) is 9.59 Å². The lowest BCUT2D eigenvalue weighted by Gasteiger charge is -2.10.